The number of sulfone groups is 1. The van der Waals surface area contributed by atoms with Gasteiger partial charge in [-0.15, -0.1) is 0 Å². The molecule has 2 amide bonds. The Labute approximate surface area is 161 Å². The average molecular weight is 393 g/mol. The summed E-state index contributed by atoms with van der Waals surface area (Å²) in [5.74, 6) is -0.164. The molecule has 1 saturated carbocycles. The molecule has 0 radical (unpaired) electrons. The summed E-state index contributed by atoms with van der Waals surface area (Å²) in [6, 6.07) is 8.34. The second-order valence-electron chi connectivity index (χ2n) is 7.70. The van der Waals surface area contributed by atoms with E-state index in [1.54, 1.807) is 30.3 Å². The maximum atomic E-state index is 12.3. The number of amides is 2. The molecule has 7 heteroatoms. The van der Waals surface area contributed by atoms with Gasteiger partial charge in [0.05, 0.1) is 10.6 Å². The normalized spacial score (nSPS) is 21.1. The highest BCUT2D eigenvalue weighted by atomic mass is 32.2. The Bertz CT molecular complexity index is 783. The van der Waals surface area contributed by atoms with E-state index in [1.165, 1.54) is 0 Å². The second-order valence-corrected chi connectivity index (χ2v) is 9.81. The lowest BCUT2D eigenvalue weighted by Crippen LogP contribution is -2.41. The van der Waals surface area contributed by atoms with E-state index in [0.29, 0.717) is 6.42 Å². The third kappa shape index (κ3) is 4.69. The van der Waals surface area contributed by atoms with Crippen LogP contribution in [0.15, 0.2) is 35.2 Å². The zero-order chi connectivity index (χ0) is 19.5. The molecule has 1 atom stereocenters. The molecule has 3 rings (SSSR count). The molecule has 1 heterocycles. The molecule has 0 bridgehead atoms. The highest BCUT2D eigenvalue weighted by Gasteiger charge is 2.55. The van der Waals surface area contributed by atoms with Gasteiger partial charge in [-0.2, -0.15) is 0 Å². The van der Waals surface area contributed by atoms with Gasteiger partial charge in [0.1, 0.15) is 0 Å². The minimum absolute atomic E-state index is 0.0229. The van der Waals surface area contributed by atoms with Gasteiger partial charge in [0.2, 0.25) is 11.8 Å². The maximum absolute atomic E-state index is 12.3. The molecule has 0 aromatic heterocycles. The lowest BCUT2D eigenvalue weighted by atomic mass is 9.92. The summed E-state index contributed by atoms with van der Waals surface area (Å²) < 4.78 is 24.5. The van der Waals surface area contributed by atoms with Crippen molar-refractivity contribution >= 4 is 21.7 Å². The molecular formula is C20H28N2O4S. The van der Waals surface area contributed by atoms with Crippen LogP contribution in [0.2, 0.25) is 0 Å². The van der Waals surface area contributed by atoms with Gasteiger partial charge in [-0.3, -0.25) is 9.59 Å². The summed E-state index contributed by atoms with van der Waals surface area (Å²) in [5, 5.41) is 3.00. The number of benzene rings is 1. The lowest BCUT2D eigenvalue weighted by molar-refractivity contribution is -0.133. The molecule has 1 saturated heterocycles. The lowest BCUT2D eigenvalue weighted by Gasteiger charge is -2.33. The zero-order valence-electron chi connectivity index (χ0n) is 15.8. The predicted molar refractivity (Wildman–Crippen MR) is 103 cm³/mol. The van der Waals surface area contributed by atoms with Gasteiger partial charge >= 0.3 is 0 Å². The number of nitrogens with one attached hydrogen (secondary N) is 1. The van der Waals surface area contributed by atoms with E-state index in [-0.39, 0.29) is 40.3 Å². The van der Waals surface area contributed by atoms with Crippen LogP contribution in [0.5, 0.6) is 0 Å². The number of likely N-dealkylation sites (tertiary alicyclic amines) is 1. The van der Waals surface area contributed by atoms with Gasteiger partial charge < -0.3 is 10.2 Å². The van der Waals surface area contributed by atoms with E-state index < -0.39 is 9.84 Å². The Morgan fingerprint density at radius 3 is 2.44 bits per heavy atom. The molecule has 6 nitrogen and oxygen atoms in total. The Hall–Kier alpha value is -1.89. The SMILES string of the molecule is CCCC(=O)N1CCC2(CC1)CC2NC(=O)CCS(=O)(=O)c1ccccc1. The van der Waals surface area contributed by atoms with Crippen molar-refractivity contribution in [3.05, 3.63) is 30.3 Å². The molecule has 27 heavy (non-hydrogen) atoms. The van der Waals surface area contributed by atoms with Crippen LogP contribution in [-0.4, -0.2) is 50.0 Å². The highest BCUT2D eigenvalue weighted by Crippen LogP contribution is 2.53. The summed E-state index contributed by atoms with van der Waals surface area (Å²) in [5.41, 5.74) is 0.108. The summed E-state index contributed by atoms with van der Waals surface area (Å²) in [6.07, 6.45) is 4.20. The summed E-state index contributed by atoms with van der Waals surface area (Å²) in [7, 11) is -3.43. The molecule has 1 aromatic rings. The summed E-state index contributed by atoms with van der Waals surface area (Å²) in [6.45, 7) is 3.52. The Morgan fingerprint density at radius 1 is 1.15 bits per heavy atom. The molecule has 1 unspecified atom stereocenters. The zero-order valence-corrected chi connectivity index (χ0v) is 16.6. The number of carbonyl (C=O) groups is 2. The first kappa shape index (κ1) is 19.9. The molecular weight excluding hydrogens is 364 g/mol. The molecule has 2 aliphatic rings. The van der Waals surface area contributed by atoms with Crippen LogP contribution in [0.4, 0.5) is 0 Å². The van der Waals surface area contributed by atoms with Crippen molar-refractivity contribution in [3.63, 3.8) is 0 Å². The number of carbonyl (C=O) groups excluding carboxylic acids is 2. The monoisotopic (exact) mass is 392 g/mol. The van der Waals surface area contributed by atoms with Crippen LogP contribution in [0.25, 0.3) is 0 Å². The first-order chi connectivity index (χ1) is 12.9. The van der Waals surface area contributed by atoms with Crippen molar-refractivity contribution < 1.29 is 18.0 Å². The molecule has 1 aromatic carbocycles. The Balaban J connectivity index is 1.44. The van der Waals surface area contributed by atoms with Crippen molar-refractivity contribution in [1.29, 1.82) is 0 Å². The molecule has 148 valence electrons. The van der Waals surface area contributed by atoms with Crippen molar-refractivity contribution in [2.45, 2.75) is 56.4 Å². The number of hydrogen-bond acceptors (Lipinski definition) is 4. The van der Waals surface area contributed by atoms with E-state index in [2.05, 4.69) is 5.32 Å². The minimum atomic E-state index is -3.43. The van der Waals surface area contributed by atoms with Crippen molar-refractivity contribution in [3.8, 4) is 0 Å². The van der Waals surface area contributed by atoms with Gasteiger partial charge in [0, 0.05) is 32.0 Å². The number of hydrogen-bond donors (Lipinski definition) is 1. The molecule has 1 N–H and O–H groups in total. The first-order valence-corrected chi connectivity index (χ1v) is 11.4. The predicted octanol–water partition coefficient (Wildman–Crippen LogP) is 2.15. The van der Waals surface area contributed by atoms with Gasteiger partial charge in [0.15, 0.2) is 9.84 Å². The number of rotatable bonds is 7. The van der Waals surface area contributed by atoms with Crippen molar-refractivity contribution in [2.24, 2.45) is 5.41 Å². The fraction of sp³-hybridized carbons (Fsp3) is 0.600. The van der Waals surface area contributed by atoms with E-state index in [1.807, 2.05) is 11.8 Å². The molecule has 2 fully saturated rings. The van der Waals surface area contributed by atoms with Crippen LogP contribution >= 0.6 is 0 Å². The number of piperidine rings is 1. The second kappa shape index (κ2) is 8.00. The topological polar surface area (TPSA) is 83.6 Å². The largest absolute Gasteiger partial charge is 0.353 e. The third-order valence-corrected chi connectivity index (χ3v) is 7.53. The molecule has 1 spiro atoms. The van der Waals surface area contributed by atoms with E-state index >= 15 is 0 Å². The van der Waals surface area contributed by atoms with Crippen LogP contribution in [0.3, 0.4) is 0 Å². The van der Waals surface area contributed by atoms with Crippen LogP contribution in [-0.2, 0) is 19.4 Å². The minimum Gasteiger partial charge on any atom is -0.353 e. The van der Waals surface area contributed by atoms with Gasteiger partial charge in [-0.1, -0.05) is 25.1 Å². The molecule has 1 aliphatic heterocycles. The van der Waals surface area contributed by atoms with Crippen LogP contribution in [0.1, 0.15) is 45.4 Å². The average Bonchev–Trinajstić information content (AvgIpc) is 3.32. The number of nitrogens with zero attached hydrogens (tertiary/aromatic N) is 1. The Morgan fingerprint density at radius 2 is 1.81 bits per heavy atom. The fourth-order valence-electron chi connectivity index (χ4n) is 3.92. The van der Waals surface area contributed by atoms with Gasteiger partial charge in [0.25, 0.3) is 0 Å². The quantitative estimate of drug-likeness (QED) is 0.771. The van der Waals surface area contributed by atoms with Crippen molar-refractivity contribution in [2.75, 3.05) is 18.8 Å². The van der Waals surface area contributed by atoms with Crippen LogP contribution < -0.4 is 5.32 Å². The standard InChI is InChI=1S/C20H28N2O4S/c1-2-6-19(24)22-12-10-20(11-13-22)15-17(20)21-18(23)9-14-27(25,26)16-7-4-3-5-8-16/h3-5,7-8,17H,2,6,9-15H2,1H3,(H,21,23). The van der Waals surface area contributed by atoms with E-state index in [9.17, 15) is 18.0 Å². The smallest absolute Gasteiger partial charge is 0.222 e. The summed E-state index contributed by atoms with van der Waals surface area (Å²) >= 11 is 0. The van der Waals surface area contributed by atoms with Crippen molar-refractivity contribution in [1.82, 2.24) is 10.2 Å². The van der Waals surface area contributed by atoms with E-state index in [0.717, 1.165) is 38.8 Å². The molecule has 1 aliphatic carbocycles. The first-order valence-electron chi connectivity index (χ1n) is 9.71. The van der Waals surface area contributed by atoms with Gasteiger partial charge in [-0.05, 0) is 43.2 Å². The van der Waals surface area contributed by atoms with Gasteiger partial charge in [-0.25, -0.2) is 8.42 Å². The maximum Gasteiger partial charge on any atom is 0.222 e. The fourth-order valence-corrected chi connectivity index (χ4v) is 5.18. The highest BCUT2D eigenvalue weighted by molar-refractivity contribution is 7.91. The van der Waals surface area contributed by atoms with Crippen LogP contribution in [0, 0.1) is 5.41 Å². The van der Waals surface area contributed by atoms with E-state index in [4.69, 9.17) is 0 Å². The third-order valence-electron chi connectivity index (χ3n) is 5.80. The Kier molecular flexibility index (Phi) is 5.89. The summed E-state index contributed by atoms with van der Waals surface area (Å²) in [4.78, 5) is 26.4.